The number of hydrogen-bond donors (Lipinski definition) is 1. The molecule has 2 aliphatic rings. The summed E-state index contributed by atoms with van der Waals surface area (Å²) in [6.07, 6.45) is 0.115. The van der Waals surface area contributed by atoms with E-state index >= 15 is 0 Å². The maximum absolute atomic E-state index is 12.5. The fraction of sp³-hybridized carbons (Fsp3) is 0.615. The molecule has 4 nitrogen and oxygen atoms in total. The van der Waals surface area contributed by atoms with Crippen LogP contribution >= 0.6 is 23.1 Å². The van der Waals surface area contributed by atoms with Crippen LogP contribution in [0.5, 0.6) is 0 Å². The van der Waals surface area contributed by atoms with E-state index in [0.29, 0.717) is 13.1 Å². The third-order valence-corrected chi connectivity index (χ3v) is 5.14. The lowest BCUT2D eigenvalue weighted by Crippen LogP contribution is -2.52. The van der Waals surface area contributed by atoms with Crippen molar-refractivity contribution in [3.8, 4) is 0 Å². The van der Waals surface area contributed by atoms with Crippen molar-refractivity contribution in [2.24, 2.45) is 0 Å². The Morgan fingerprint density at radius 1 is 1.53 bits per heavy atom. The Labute approximate surface area is 121 Å². The molecule has 0 spiro atoms. The van der Waals surface area contributed by atoms with Crippen molar-refractivity contribution >= 4 is 29.0 Å². The molecule has 2 aliphatic heterocycles. The quantitative estimate of drug-likeness (QED) is 0.902. The smallest absolute Gasteiger partial charge is 0.240 e. The Kier molecular flexibility index (Phi) is 4.12. The van der Waals surface area contributed by atoms with Gasteiger partial charge in [-0.05, 0) is 29.3 Å². The molecule has 2 saturated heterocycles. The predicted octanol–water partition coefficient (Wildman–Crippen LogP) is 1.70. The first kappa shape index (κ1) is 13.4. The third-order valence-electron chi connectivity index (χ3n) is 3.50. The molecule has 0 aliphatic carbocycles. The van der Waals surface area contributed by atoms with E-state index in [1.807, 2.05) is 11.8 Å². The highest BCUT2D eigenvalue weighted by Gasteiger charge is 2.34. The van der Waals surface area contributed by atoms with E-state index < -0.39 is 0 Å². The zero-order valence-corrected chi connectivity index (χ0v) is 12.5. The lowest BCUT2D eigenvalue weighted by Gasteiger charge is -2.37. The highest BCUT2D eigenvalue weighted by molar-refractivity contribution is 7.99. The first-order chi connectivity index (χ1) is 9.24. The Morgan fingerprint density at radius 3 is 3.11 bits per heavy atom. The Hall–Kier alpha value is -0.560. The second kappa shape index (κ2) is 5.83. The molecule has 104 valence electrons. The minimum Gasteiger partial charge on any atom is -0.367 e. The second-order valence-corrected chi connectivity index (χ2v) is 6.82. The molecule has 1 aromatic heterocycles. The maximum atomic E-state index is 12.5. The van der Waals surface area contributed by atoms with Crippen LogP contribution in [0.25, 0.3) is 0 Å². The van der Waals surface area contributed by atoms with Gasteiger partial charge >= 0.3 is 0 Å². The normalized spacial score (nSPS) is 31.6. The van der Waals surface area contributed by atoms with Crippen LogP contribution in [-0.2, 0) is 9.53 Å². The summed E-state index contributed by atoms with van der Waals surface area (Å²) in [6, 6.07) is 2.07. The topological polar surface area (TPSA) is 41.6 Å². The number of amides is 1. The van der Waals surface area contributed by atoms with Gasteiger partial charge in [0.25, 0.3) is 0 Å². The number of morpholine rings is 1. The first-order valence-corrected chi connectivity index (χ1v) is 8.61. The fourth-order valence-corrected chi connectivity index (χ4v) is 4.18. The predicted molar refractivity (Wildman–Crippen MR) is 78.4 cm³/mol. The molecule has 1 aromatic rings. The molecule has 0 saturated carbocycles. The standard InChI is InChI=1S/C13H18N2O2S2/c1-9-4-15(13(16)11-7-19-8-14-11)5-12(17-9)10-2-3-18-6-10/h2-3,6,9,11-12,14H,4-5,7-8H2,1H3. The number of rotatable bonds is 2. The highest BCUT2D eigenvalue weighted by atomic mass is 32.2. The van der Waals surface area contributed by atoms with Crippen LogP contribution in [0, 0.1) is 0 Å². The molecule has 6 heteroatoms. The lowest BCUT2D eigenvalue weighted by molar-refractivity contribution is -0.146. The summed E-state index contributed by atoms with van der Waals surface area (Å²) in [5.74, 6) is 1.98. The third kappa shape index (κ3) is 2.97. The number of thiophene rings is 1. The summed E-state index contributed by atoms with van der Waals surface area (Å²) in [5.41, 5.74) is 1.18. The Bertz CT molecular complexity index is 432. The van der Waals surface area contributed by atoms with E-state index in [1.165, 1.54) is 5.56 Å². The van der Waals surface area contributed by atoms with E-state index in [-0.39, 0.29) is 24.2 Å². The van der Waals surface area contributed by atoms with Gasteiger partial charge in [-0.2, -0.15) is 11.3 Å². The number of carbonyl (C=O) groups is 1. The molecule has 0 aromatic carbocycles. The van der Waals surface area contributed by atoms with Gasteiger partial charge in [0.2, 0.25) is 5.91 Å². The van der Waals surface area contributed by atoms with Crippen LogP contribution in [0.15, 0.2) is 16.8 Å². The zero-order valence-electron chi connectivity index (χ0n) is 10.9. The van der Waals surface area contributed by atoms with Gasteiger partial charge in [-0.3, -0.25) is 10.1 Å². The van der Waals surface area contributed by atoms with E-state index in [1.54, 1.807) is 23.1 Å². The summed E-state index contributed by atoms with van der Waals surface area (Å²) >= 11 is 3.46. The number of hydrogen-bond acceptors (Lipinski definition) is 5. The van der Waals surface area contributed by atoms with Gasteiger partial charge in [-0.25, -0.2) is 0 Å². The number of nitrogens with one attached hydrogen (secondary N) is 1. The molecule has 2 fully saturated rings. The summed E-state index contributed by atoms with van der Waals surface area (Å²) in [7, 11) is 0. The van der Waals surface area contributed by atoms with Crippen LogP contribution in [0.3, 0.4) is 0 Å². The highest BCUT2D eigenvalue weighted by Crippen LogP contribution is 2.27. The molecular weight excluding hydrogens is 280 g/mol. The average Bonchev–Trinajstić information content (AvgIpc) is 3.10. The molecule has 3 heterocycles. The lowest BCUT2D eigenvalue weighted by atomic mass is 10.1. The molecule has 1 N–H and O–H groups in total. The average molecular weight is 298 g/mol. The van der Waals surface area contributed by atoms with Crippen LogP contribution in [0.4, 0.5) is 0 Å². The second-order valence-electron chi connectivity index (χ2n) is 5.01. The maximum Gasteiger partial charge on any atom is 0.240 e. The van der Waals surface area contributed by atoms with E-state index in [0.717, 1.165) is 11.6 Å². The van der Waals surface area contributed by atoms with E-state index in [9.17, 15) is 4.79 Å². The van der Waals surface area contributed by atoms with E-state index in [4.69, 9.17) is 4.74 Å². The van der Waals surface area contributed by atoms with Gasteiger partial charge in [-0.1, -0.05) is 0 Å². The molecule has 3 unspecified atom stereocenters. The number of ether oxygens (including phenoxy) is 1. The van der Waals surface area contributed by atoms with Gasteiger partial charge in [0.15, 0.2) is 0 Å². The molecule has 3 rings (SSSR count). The molecule has 19 heavy (non-hydrogen) atoms. The first-order valence-electron chi connectivity index (χ1n) is 6.51. The zero-order chi connectivity index (χ0) is 13.2. The summed E-state index contributed by atoms with van der Waals surface area (Å²) in [6.45, 7) is 3.40. The number of thioether (sulfide) groups is 1. The van der Waals surface area contributed by atoms with Crippen molar-refractivity contribution in [2.45, 2.75) is 25.2 Å². The van der Waals surface area contributed by atoms with Gasteiger partial charge in [-0.15, -0.1) is 11.8 Å². The van der Waals surface area contributed by atoms with Crippen molar-refractivity contribution in [1.82, 2.24) is 10.2 Å². The molecule has 1 amide bonds. The molecule has 0 radical (unpaired) electrons. The molecule has 3 atom stereocenters. The largest absolute Gasteiger partial charge is 0.367 e. The van der Waals surface area contributed by atoms with Crippen molar-refractivity contribution in [2.75, 3.05) is 24.7 Å². The van der Waals surface area contributed by atoms with E-state index in [2.05, 4.69) is 22.1 Å². The number of nitrogens with zero attached hydrogens (tertiary/aromatic N) is 1. The van der Waals surface area contributed by atoms with Crippen LogP contribution in [0.2, 0.25) is 0 Å². The minimum absolute atomic E-state index is 0.0153. The van der Waals surface area contributed by atoms with Crippen LogP contribution in [-0.4, -0.2) is 47.7 Å². The van der Waals surface area contributed by atoms with Crippen molar-refractivity contribution < 1.29 is 9.53 Å². The fourth-order valence-electron chi connectivity index (χ4n) is 2.55. The minimum atomic E-state index is -0.0153. The van der Waals surface area contributed by atoms with Crippen molar-refractivity contribution in [3.05, 3.63) is 22.4 Å². The summed E-state index contributed by atoms with van der Waals surface area (Å²) in [5, 5.41) is 7.41. The van der Waals surface area contributed by atoms with Gasteiger partial charge in [0.05, 0.1) is 18.7 Å². The van der Waals surface area contributed by atoms with Gasteiger partial charge < -0.3 is 9.64 Å². The van der Waals surface area contributed by atoms with Crippen LogP contribution < -0.4 is 5.32 Å². The number of carbonyl (C=O) groups excluding carboxylic acids is 1. The molecule has 0 bridgehead atoms. The summed E-state index contributed by atoms with van der Waals surface area (Å²) in [4.78, 5) is 14.4. The Morgan fingerprint density at radius 2 is 2.42 bits per heavy atom. The van der Waals surface area contributed by atoms with Crippen molar-refractivity contribution in [1.29, 1.82) is 0 Å². The SMILES string of the molecule is CC1CN(C(=O)C2CSCN2)CC(c2ccsc2)O1. The van der Waals surface area contributed by atoms with Gasteiger partial charge in [0.1, 0.15) is 6.10 Å². The van der Waals surface area contributed by atoms with Crippen LogP contribution in [0.1, 0.15) is 18.6 Å². The molecular formula is C13H18N2O2S2. The van der Waals surface area contributed by atoms with Crippen molar-refractivity contribution in [3.63, 3.8) is 0 Å². The monoisotopic (exact) mass is 298 g/mol. The van der Waals surface area contributed by atoms with Gasteiger partial charge in [0, 0.05) is 18.2 Å². The Balaban J connectivity index is 1.69. The summed E-state index contributed by atoms with van der Waals surface area (Å²) < 4.78 is 5.96.